The molecule has 4 nitrogen and oxygen atoms in total. The molecule has 0 bridgehead atoms. The fourth-order valence-corrected chi connectivity index (χ4v) is 2.19. The summed E-state index contributed by atoms with van der Waals surface area (Å²) in [5.41, 5.74) is 1.57. The molecule has 2 aromatic carbocycles. The van der Waals surface area contributed by atoms with E-state index < -0.39 is 6.10 Å². The lowest BCUT2D eigenvalue weighted by Crippen LogP contribution is -2.02. The van der Waals surface area contributed by atoms with Crippen molar-refractivity contribution >= 4 is 6.08 Å². The summed E-state index contributed by atoms with van der Waals surface area (Å²) in [7, 11) is 4.66. The van der Waals surface area contributed by atoms with Crippen LogP contribution >= 0.6 is 0 Å². The molecule has 0 saturated carbocycles. The molecule has 0 saturated heterocycles. The zero-order valence-electron chi connectivity index (χ0n) is 12.9. The predicted octanol–water partition coefficient (Wildman–Crippen LogP) is 3.46. The first kappa shape index (κ1) is 15.9. The molecule has 0 aliphatic rings. The Morgan fingerprint density at radius 3 is 2.00 bits per heavy atom. The highest BCUT2D eigenvalue weighted by Gasteiger charge is 2.18. The van der Waals surface area contributed by atoms with E-state index in [0.717, 1.165) is 5.56 Å². The average Bonchev–Trinajstić information content (AvgIpc) is 2.59. The highest BCUT2D eigenvalue weighted by atomic mass is 16.5. The summed E-state index contributed by atoms with van der Waals surface area (Å²) >= 11 is 0. The van der Waals surface area contributed by atoms with Crippen molar-refractivity contribution in [3.8, 4) is 17.2 Å². The number of aliphatic hydroxyl groups is 1. The van der Waals surface area contributed by atoms with E-state index in [1.165, 1.54) is 0 Å². The topological polar surface area (TPSA) is 47.9 Å². The molecule has 1 atom stereocenters. The summed E-state index contributed by atoms with van der Waals surface area (Å²) in [5.74, 6) is 1.64. The van der Waals surface area contributed by atoms with Gasteiger partial charge < -0.3 is 19.3 Å². The fourth-order valence-electron chi connectivity index (χ4n) is 2.19. The van der Waals surface area contributed by atoms with Crippen molar-refractivity contribution in [2.24, 2.45) is 0 Å². The maximum atomic E-state index is 10.5. The molecule has 0 spiro atoms. The molecule has 2 rings (SSSR count). The minimum Gasteiger partial charge on any atom is -0.496 e. The summed E-state index contributed by atoms with van der Waals surface area (Å²) in [5, 5.41) is 10.5. The molecule has 0 amide bonds. The highest BCUT2D eigenvalue weighted by Crippen LogP contribution is 2.38. The van der Waals surface area contributed by atoms with E-state index in [9.17, 15) is 5.11 Å². The Bertz CT molecular complexity index is 610. The van der Waals surface area contributed by atoms with Gasteiger partial charge in [-0.05, 0) is 5.56 Å². The molecule has 0 radical (unpaired) electrons. The summed E-state index contributed by atoms with van der Waals surface area (Å²) in [6.07, 6.45) is 2.70. The van der Waals surface area contributed by atoms with Gasteiger partial charge in [0.05, 0.1) is 26.9 Å². The third kappa shape index (κ3) is 3.59. The van der Waals surface area contributed by atoms with E-state index >= 15 is 0 Å². The summed E-state index contributed by atoms with van der Waals surface area (Å²) in [6, 6.07) is 13.2. The molecule has 1 N–H and O–H groups in total. The summed E-state index contributed by atoms with van der Waals surface area (Å²) in [4.78, 5) is 0. The summed E-state index contributed by atoms with van der Waals surface area (Å²) < 4.78 is 15.9. The van der Waals surface area contributed by atoms with Crippen LogP contribution in [0.2, 0.25) is 0 Å². The Morgan fingerprint density at radius 2 is 1.50 bits per heavy atom. The van der Waals surface area contributed by atoms with Gasteiger partial charge in [0.25, 0.3) is 0 Å². The van der Waals surface area contributed by atoms with Crippen molar-refractivity contribution < 1.29 is 19.3 Å². The minimum atomic E-state index is -0.851. The van der Waals surface area contributed by atoms with Crippen LogP contribution in [-0.4, -0.2) is 26.4 Å². The van der Waals surface area contributed by atoms with Gasteiger partial charge in [0.2, 0.25) is 0 Å². The second kappa shape index (κ2) is 7.52. The molecule has 22 heavy (non-hydrogen) atoms. The highest BCUT2D eigenvalue weighted by molar-refractivity contribution is 5.56. The van der Waals surface area contributed by atoms with Crippen molar-refractivity contribution in [1.29, 1.82) is 0 Å². The molecular weight excluding hydrogens is 280 g/mol. The smallest absolute Gasteiger partial charge is 0.132 e. The second-order valence-corrected chi connectivity index (χ2v) is 4.66. The normalized spacial score (nSPS) is 12.2. The second-order valence-electron chi connectivity index (χ2n) is 4.66. The van der Waals surface area contributed by atoms with Gasteiger partial charge in [-0.1, -0.05) is 42.5 Å². The third-order valence-corrected chi connectivity index (χ3v) is 3.32. The largest absolute Gasteiger partial charge is 0.496 e. The Labute approximate surface area is 130 Å². The van der Waals surface area contributed by atoms with Crippen LogP contribution < -0.4 is 14.2 Å². The monoisotopic (exact) mass is 300 g/mol. The standard InChI is InChI=1S/C18H20O4/c1-20-14-11-16(21-2)18(17(12-14)22-3)15(19)10-9-13-7-5-4-6-8-13/h4-12,15,19H,1-3H3/b10-9+/t15-/m0/s1. The van der Waals surface area contributed by atoms with Gasteiger partial charge in [-0.2, -0.15) is 0 Å². The van der Waals surface area contributed by atoms with E-state index in [4.69, 9.17) is 14.2 Å². The van der Waals surface area contributed by atoms with Crippen LogP contribution in [-0.2, 0) is 0 Å². The van der Waals surface area contributed by atoms with E-state index in [1.807, 2.05) is 36.4 Å². The van der Waals surface area contributed by atoms with Gasteiger partial charge in [-0.3, -0.25) is 0 Å². The lowest BCUT2D eigenvalue weighted by Gasteiger charge is -2.17. The molecule has 0 aliphatic heterocycles. The minimum absolute atomic E-state index is 0.515. The zero-order valence-corrected chi connectivity index (χ0v) is 12.9. The van der Waals surface area contributed by atoms with Crippen molar-refractivity contribution in [2.45, 2.75) is 6.10 Å². The maximum Gasteiger partial charge on any atom is 0.132 e. The van der Waals surface area contributed by atoms with Crippen molar-refractivity contribution in [3.63, 3.8) is 0 Å². The molecular formula is C18H20O4. The first-order valence-corrected chi connectivity index (χ1v) is 6.90. The quantitative estimate of drug-likeness (QED) is 0.887. The third-order valence-electron chi connectivity index (χ3n) is 3.32. The average molecular weight is 300 g/mol. The Hall–Kier alpha value is -2.46. The molecule has 0 aromatic heterocycles. The van der Waals surface area contributed by atoms with Gasteiger partial charge in [0.1, 0.15) is 23.4 Å². The number of methoxy groups -OCH3 is 3. The van der Waals surface area contributed by atoms with Gasteiger partial charge in [0.15, 0.2) is 0 Å². The van der Waals surface area contributed by atoms with Crippen LogP contribution in [0.15, 0.2) is 48.5 Å². The SMILES string of the molecule is COc1cc(OC)c([C@@H](O)/C=C/c2ccccc2)c(OC)c1. The molecule has 0 unspecified atom stereocenters. The Kier molecular flexibility index (Phi) is 5.44. The molecule has 0 aliphatic carbocycles. The lowest BCUT2D eigenvalue weighted by atomic mass is 10.0. The molecule has 0 fully saturated rings. The number of hydrogen-bond acceptors (Lipinski definition) is 4. The summed E-state index contributed by atoms with van der Waals surface area (Å²) in [6.45, 7) is 0. The number of benzene rings is 2. The number of hydrogen-bond donors (Lipinski definition) is 1. The zero-order chi connectivity index (χ0) is 15.9. The van der Waals surface area contributed by atoms with Crippen LogP contribution in [0.5, 0.6) is 17.2 Å². The van der Waals surface area contributed by atoms with Crippen LogP contribution in [0.4, 0.5) is 0 Å². The van der Waals surface area contributed by atoms with Crippen LogP contribution in [0.3, 0.4) is 0 Å². The molecule has 116 valence electrons. The molecule has 0 heterocycles. The van der Waals surface area contributed by atoms with Crippen LogP contribution in [0, 0.1) is 0 Å². The van der Waals surface area contributed by atoms with Gasteiger partial charge in [-0.15, -0.1) is 0 Å². The van der Waals surface area contributed by atoms with E-state index in [-0.39, 0.29) is 0 Å². The van der Waals surface area contributed by atoms with Crippen LogP contribution in [0.25, 0.3) is 6.08 Å². The van der Waals surface area contributed by atoms with Crippen molar-refractivity contribution in [1.82, 2.24) is 0 Å². The maximum absolute atomic E-state index is 10.5. The van der Waals surface area contributed by atoms with Crippen molar-refractivity contribution in [3.05, 3.63) is 59.7 Å². The van der Waals surface area contributed by atoms with Crippen LogP contribution in [0.1, 0.15) is 17.2 Å². The lowest BCUT2D eigenvalue weighted by molar-refractivity contribution is 0.217. The fraction of sp³-hybridized carbons (Fsp3) is 0.222. The molecule has 4 heteroatoms. The van der Waals surface area contributed by atoms with E-state index in [0.29, 0.717) is 22.8 Å². The number of aliphatic hydroxyl groups excluding tert-OH is 1. The Balaban J connectivity index is 2.35. The van der Waals surface area contributed by atoms with E-state index in [1.54, 1.807) is 39.5 Å². The first-order valence-electron chi connectivity index (χ1n) is 6.90. The number of ether oxygens (including phenoxy) is 3. The molecule has 2 aromatic rings. The Morgan fingerprint density at radius 1 is 0.909 bits per heavy atom. The van der Waals surface area contributed by atoms with Gasteiger partial charge in [-0.25, -0.2) is 0 Å². The first-order chi connectivity index (χ1) is 10.7. The predicted molar refractivity (Wildman–Crippen MR) is 86.5 cm³/mol. The van der Waals surface area contributed by atoms with Gasteiger partial charge >= 0.3 is 0 Å². The van der Waals surface area contributed by atoms with E-state index in [2.05, 4.69) is 0 Å². The van der Waals surface area contributed by atoms with Crippen molar-refractivity contribution in [2.75, 3.05) is 21.3 Å². The van der Waals surface area contributed by atoms with Gasteiger partial charge in [0, 0.05) is 12.1 Å². The number of rotatable bonds is 6.